The summed E-state index contributed by atoms with van der Waals surface area (Å²) in [4.78, 5) is 12.5. The van der Waals surface area contributed by atoms with E-state index in [0.29, 0.717) is 4.90 Å². The van der Waals surface area contributed by atoms with Crippen LogP contribution in [0.25, 0.3) is 0 Å². The molecule has 1 heterocycles. The number of ether oxygens (including phenoxy) is 1. The SMILES string of the molecule is CC(C)(C)OC(=O)N=[S@@](C)(=O)c1cccc2c1CCCN2. The van der Waals surface area contributed by atoms with Gasteiger partial charge >= 0.3 is 6.09 Å². The molecular formula is C15H22N2O3S. The van der Waals surface area contributed by atoms with Crippen molar-refractivity contribution >= 4 is 21.5 Å². The first-order valence-corrected chi connectivity index (χ1v) is 8.92. The third-order valence-corrected chi connectivity index (χ3v) is 4.80. The summed E-state index contributed by atoms with van der Waals surface area (Å²) in [5.74, 6) is 0. The van der Waals surface area contributed by atoms with Crippen molar-refractivity contribution in [1.82, 2.24) is 0 Å². The Labute approximate surface area is 126 Å². The second-order valence-electron chi connectivity index (χ2n) is 6.19. The summed E-state index contributed by atoms with van der Waals surface area (Å²) < 4.78 is 21.8. The molecule has 0 saturated heterocycles. The van der Waals surface area contributed by atoms with Crippen molar-refractivity contribution in [2.45, 2.75) is 44.1 Å². The van der Waals surface area contributed by atoms with E-state index in [1.807, 2.05) is 12.1 Å². The van der Waals surface area contributed by atoms with Crippen LogP contribution < -0.4 is 5.32 Å². The molecule has 1 aliphatic heterocycles. The van der Waals surface area contributed by atoms with Gasteiger partial charge in [-0.05, 0) is 51.3 Å². The summed E-state index contributed by atoms with van der Waals surface area (Å²) in [6.07, 6.45) is 2.52. The predicted molar refractivity (Wildman–Crippen MR) is 84.2 cm³/mol. The fourth-order valence-corrected chi connectivity index (χ4v) is 3.72. The molecule has 1 aliphatic rings. The van der Waals surface area contributed by atoms with E-state index in [2.05, 4.69) is 9.68 Å². The van der Waals surface area contributed by atoms with Gasteiger partial charge in [-0.25, -0.2) is 9.00 Å². The van der Waals surface area contributed by atoms with Gasteiger partial charge < -0.3 is 10.1 Å². The van der Waals surface area contributed by atoms with E-state index in [-0.39, 0.29) is 0 Å². The van der Waals surface area contributed by atoms with Crippen LogP contribution in [0.1, 0.15) is 32.8 Å². The third kappa shape index (κ3) is 3.97. The first kappa shape index (κ1) is 15.8. The van der Waals surface area contributed by atoms with Gasteiger partial charge in [0, 0.05) is 18.5 Å². The highest BCUT2D eigenvalue weighted by molar-refractivity contribution is 7.93. The van der Waals surface area contributed by atoms with Gasteiger partial charge in [0.15, 0.2) is 0 Å². The summed E-state index contributed by atoms with van der Waals surface area (Å²) >= 11 is 0. The Morgan fingerprint density at radius 2 is 2.10 bits per heavy atom. The molecule has 0 aromatic heterocycles. The Hall–Kier alpha value is -1.56. The smallest absolute Gasteiger partial charge is 0.442 e. The molecule has 0 spiro atoms. The van der Waals surface area contributed by atoms with Crippen LogP contribution in [0.5, 0.6) is 0 Å². The topological polar surface area (TPSA) is 67.8 Å². The number of rotatable bonds is 1. The van der Waals surface area contributed by atoms with Crippen LogP contribution in [0.2, 0.25) is 0 Å². The number of nitrogens with zero attached hydrogens (tertiary/aromatic N) is 1. The molecule has 2 rings (SSSR count). The number of anilines is 1. The van der Waals surface area contributed by atoms with Gasteiger partial charge in [0.1, 0.15) is 5.60 Å². The molecule has 1 atom stereocenters. The van der Waals surface area contributed by atoms with Crippen molar-refractivity contribution in [3.63, 3.8) is 0 Å². The van der Waals surface area contributed by atoms with E-state index in [9.17, 15) is 9.00 Å². The molecule has 1 aromatic rings. The Kier molecular flexibility index (Phi) is 4.27. The molecular weight excluding hydrogens is 288 g/mol. The standard InChI is InChI=1S/C15H22N2O3S/c1-15(2,3)20-14(18)17-21(4,19)13-9-5-8-12-11(13)7-6-10-16-12/h5,8-9,16H,6-7,10H2,1-4H3/t21-/m0/s1. The van der Waals surface area contributed by atoms with Crippen molar-refractivity contribution in [3.8, 4) is 0 Å². The Bertz CT molecular complexity index is 668. The van der Waals surface area contributed by atoms with Crippen molar-refractivity contribution in [1.29, 1.82) is 0 Å². The van der Waals surface area contributed by atoms with Crippen molar-refractivity contribution in [2.75, 3.05) is 18.1 Å². The fourth-order valence-electron chi connectivity index (χ4n) is 2.30. The van der Waals surface area contributed by atoms with E-state index in [1.54, 1.807) is 26.8 Å². The average molecular weight is 310 g/mol. The molecule has 21 heavy (non-hydrogen) atoms. The summed E-state index contributed by atoms with van der Waals surface area (Å²) in [5.41, 5.74) is 1.32. The molecule has 0 unspecified atom stereocenters. The van der Waals surface area contributed by atoms with Gasteiger partial charge in [-0.2, -0.15) is 0 Å². The Morgan fingerprint density at radius 1 is 1.38 bits per heavy atom. The lowest BCUT2D eigenvalue weighted by molar-refractivity contribution is 0.0607. The molecule has 1 N–H and O–H groups in total. The van der Waals surface area contributed by atoms with E-state index >= 15 is 0 Å². The molecule has 0 radical (unpaired) electrons. The van der Waals surface area contributed by atoms with Crippen LogP contribution >= 0.6 is 0 Å². The summed E-state index contributed by atoms with van der Waals surface area (Å²) in [5, 5.41) is 3.28. The number of nitrogens with one attached hydrogen (secondary N) is 1. The van der Waals surface area contributed by atoms with E-state index in [1.165, 1.54) is 6.26 Å². The quantitative estimate of drug-likeness (QED) is 0.863. The van der Waals surface area contributed by atoms with Crippen LogP contribution in [0, 0.1) is 0 Å². The molecule has 116 valence electrons. The molecule has 1 aromatic carbocycles. The number of amides is 1. The summed E-state index contributed by atoms with van der Waals surface area (Å²) in [6, 6.07) is 5.57. The second-order valence-corrected chi connectivity index (χ2v) is 8.41. The zero-order chi connectivity index (χ0) is 15.7. The zero-order valence-electron chi connectivity index (χ0n) is 12.9. The monoisotopic (exact) mass is 310 g/mol. The van der Waals surface area contributed by atoms with Crippen LogP contribution in [0.3, 0.4) is 0 Å². The van der Waals surface area contributed by atoms with Gasteiger partial charge in [0.05, 0.1) is 14.6 Å². The molecule has 5 nitrogen and oxygen atoms in total. The predicted octanol–water partition coefficient (Wildman–Crippen LogP) is 3.44. The number of hydrogen-bond donors (Lipinski definition) is 1. The minimum absolute atomic E-state index is 0.623. The zero-order valence-corrected chi connectivity index (χ0v) is 13.8. The van der Waals surface area contributed by atoms with Gasteiger partial charge in [-0.3, -0.25) is 0 Å². The highest BCUT2D eigenvalue weighted by Gasteiger charge is 2.21. The van der Waals surface area contributed by atoms with E-state index in [0.717, 1.165) is 30.6 Å². The van der Waals surface area contributed by atoms with Crippen molar-refractivity contribution in [3.05, 3.63) is 23.8 Å². The molecule has 0 saturated carbocycles. The summed E-state index contributed by atoms with van der Waals surface area (Å²) in [6.45, 7) is 6.18. The van der Waals surface area contributed by atoms with Gasteiger partial charge in [0.2, 0.25) is 0 Å². The third-order valence-electron chi connectivity index (χ3n) is 3.10. The Balaban J connectivity index is 2.40. The number of carbonyl (C=O) groups is 1. The van der Waals surface area contributed by atoms with Crippen LogP contribution in [-0.2, 0) is 20.9 Å². The first-order valence-electron chi connectivity index (χ1n) is 7.00. The highest BCUT2D eigenvalue weighted by Crippen LogP contribution is 2.29. The van der Waals surface area contributed by atoms with Crippen LogP contribution in [0.4, 0.5) is 10.5 Å². The lowest BCUT2D eigenvalue weighted by Gasteiger charge is -2.21. The minimum atomic E-state index is -2.81. The fraction of sp³-hybridized carbons (Fsp3) is 0.533. The maximum absolute atomic E-state index is 12.9. The van der Waals surface area contributed by atoms with E-state index < -0.39 is 21.4 Å². The molecule has 0 fully saturated rings. The Morgan fingerprint density at radius 3 is 2.76 bits per heavy atom. The van der Waals surface area contributed by atoms with Gasteiger partial charge in [-0.1, -0.05) is 6.07 Å². The second kappa shape index (κ2) is 5.67. The van der Waals surface area contributed by atoms with E-state index in [4.69, 9.17) is 4.74 Å². The maximum Gasteiger partial charge on any atom is 0.442 e. The molecule has 1 amide bonds. The normalized spacial score (nSPS) is 17.1. The van der Waals surface area contributed by atoms with Crippen molar-refractivity contribution < 1.29 is 13.7 Å². The first-order chi connectivity index (χ1) is 9.69. The summed E-state index contributed by atoms with van der Waals surface area (Å²) in [7, 11) is -2.81. The molecule has 0 aliphatic carbocycles. The number of carbonyl (C=O) groups excluding carboxylic acids is 1. The molecule has 6 heteroatoms. The number of hydrogen-bond acceptors (Lipinski definition) is 4. The van der Waals surface area contributed by atoms with Gasteiger partial charge in [-0.15, -0.1) is 4.36 Å². The lowest BCUT2D eigenvalue weighted by atomic mass is 10.0. The lowest BCUT2D eigenvalue weighted by Crippen LogP contribution is -2.23. The molecule has 0 bridgehead atoms. The average Bonchev–Trinajstić information content (AvgIpc) is 2.35. The van der Waals surface area contributed by atoms with Gasteiger partial charge in [0.25, 0.3) is 0 Å². The number of fused-ring (bicyclic) bond motifs is 1. The minimum Gasteiger partial charge on any atom is -0.442 e. The van der Waals surface area contributed by atoms with Crippen LogP contribution in [0.15, 0.2) is 27.5 Å². The largest absolute Gasteiger partial charge is 0.442 e. The van der Waals surface area contributed by atoms with Crippen molar-refractivity contribution in [2.24, 2.45) is 4.36 Å². The van der Waals surface area contributed by atoms with Crippen LogP contribution in [-0.4, -0.2) is 28.7 Å². The maximum atomic E-state index is 12.9. The number of benzene rings is 1. The highest BCUT2D eigenvalue weighted by atomic mass is 32.2.